The maximum atomic E-state index is 12.5. The number of ether oxygens (including phenoxy) is 2. The number of nitrogens with one attached hydrogen (secondary N) is 1. The maximum absolute atomic E-state index is 12.5. The molecule has 0 fully saturated rings. The van der Waals surface area contributed by atoms with Crippen LogP contribution in [-0.2, 0) is 4.79 Å². The van der Waals surface area contributed by atoms with Crippen molar-refractivity contribution in [1.82, 2.24) is 0 Å². The van der Waals surface area contributed by atoms with Gasteiger partial charge in [0.2, 0.25) is 5.91 Å². The van der Waals surface area contributed by atoms with Crippen molar-refractivity contribution in [3.05, 3.63) is 57.1 Å². The molecule has 1 unspecified atom stereocenters. The molecule has 0 aliphatic carbocycles. The molecule has 1 atom stereocenters. The molecule has 0 heterocycles. The zero-order valence-corrected chi connectivity index (χ0v) is 14.7. The lowest BCUT2D eigenvalue weighted by molar-refractivity contribution is -0.384. The van der Waals surface area contributed by atoms with Gasteiger partial charge < -0.3 is 14.8 Å². The molecule has 2 aromatic rings. The van der Waals surface area contributed by atoms with Gasteiger partial charge in [-0.3, -0.25) is 14.9 Å². The molecule has 0 aliphatic rings. The summed E-state index contributed by atoms with van der Waals surface area (Å²) >= 11 is 6.09. The Morgan fingerprint density at radius 2 is 1.76 bits per heavy atom. The number of hydrogen-bond acceptors (Lipinski definition) is 5. The van der Waals surface area contributed by atoms with Crippen LogP contribution in [0.2, 0.25) is 5.02 Å². The SMILES string of the molecule is COc1cc(OC)c(NC(=O)C(C)c2ccc([N+](=O)[O-])cc2)cc1Cl. The lowest BCUT2D eigenvalue weighted by atomic mass is 10.00. The molecule has 0 aliphatic heterocycles. The number of nitro benzene ring substituents is 1. The van der Waals surface area contributed by atoms with E-state index in [4.69, 9.17) is 21.1 Å². The average Bonchev–Trinajstić information content (AvgIpc) is 2.61. The minimum atomic E-state index is -0.522. The molecule has 132 valence electrons. The third-order valence-corrected chi connectivity index (χ3v) is 4.02. The Kier molecular flexibility index (Phi) is 5.82. The summed E-state index contributed by atoms with van der Waals surface area (Å²) in [5.74, 6) is 0.0187. The van der Waals surface area contributed by atoms with Crippen molar-refractivity contribution in [2.45, 2.75) is 12.8 Å². The highest BCUT2D eigenvalue weighted by Gasteiger charge is 2.19. The fourth-order valence-corrected chi connectivity index (χ4v) is 2.48. The van der Waals surface area contributed by atoms with Gasteiger partial charge in [0.25, 0.3) is 5.69 Å². The zero-order chi connectivity index (χ0) is 18.6. The minimum Gasteiger partial charge on any atom is -0.495 e. The largest absolute Gasteiger partial charge is 0.495 e. The first-order chi connectivity index (χ1) is 11.9. The van der Waals surface area contributed by atoms with Gasteiger partial charge in [-0.1, -0.05) is 23.7 Å². The monoisotopic (exact) mass is 364 g/mol. The Hall–Kier alpha value is -2.80. The van der Waals surface area contributed by atoms with Crippen molar-refractivity contribution in [2.24, 2.45) is 0 Å². The van der Waals surface area contributed by atoms with Gasteiger partial charge in [-0.15, -0.1) is 0 Å². The number of methoxy groups -OCH3 is 2. The third kappa shape index (κ3) is 4.19. The van der Waals surface area contributed by atoms with Crippen LogP contribution >= 0.6 is 11.6 Å². The Morgan fingerprint density at radius 1 is 1.16 bits per heavy atom. The molecule has 1 amide bonds. The van der Waals surface area contributed by atoms with Gasteiger partial charge in [0.15, 0.2) is 0 Å². The van der Waals surface area contributed by atoms with Gasteiger partial charge in [0, 0.05) is 18.2 Å². The van der Waals surface area contributed by atoms with Crippen molar-refractivity contribution >= 4 is 28.9 Å². The maximum Gasteiger partial charge on any atom is 0.269 e. The quantitative estimate of drug-likeness (QED) is 0.617. The molecule has 8 heteroatoms. The van der Waals surface area contributed by atoms with Crippen LogP contribution in [0.15, 0.2) is 36.4 Å². The fourth-order valence-electron chi connectivity index (χ4n) is 2.23. The Bertz CT molecular complexity index is 792. The van der Waals surface area contributed by atoms with Gasteiger partial charge >= 0.3 is 0 Å². The van der Waals surface area contributed by atoms with Crippen LogP contribution in [0.25, 0.3) is 0 Å². The van der Waals surface area contributed by atoms with Crippen LogP contribution < -0.4 is 14.8 Å². The van der Waals surface area contributed by atoms with E-state index in [1.165, 1.54) is 26.4 Å². The minimum absolute atomic E-state index is 0.0278. The number of non-ortho nitro benzene ring substituents is 1. The van der Waals surface area contributed by atoms with Gasteiger partial charge in [-0.25, -0.2) is 0 Å². The summed E-state index contributed by atoms with van der Waals surface area (Å²) in [6.45, 7) is 1.70. The number of amides is 1. The van der Waals surface area contributed by atoms with E-state index in [2.05, 4.69) is 5.32 Å². The second-order valence-corrected chi connectivity index (χ2v) is 5.65. The molecule has 7 nitrogen and oxygen atoms in total. The highest BCUT2D eigenvalue weighted by molar-refractivity contribution is 6.32. The molecule has 0 saturated heterocycles. The molecule has 0 saturated carbocycles. The van der Waals surface area contributed by atoms with Crippen molar-refractivity contribution in [3.63, 3.8) is 0 Å². The first-order valence-electron chi connectivity index (χ1n) is 7.34. The number of rotatable bonds is 6. The summed E-state index contributed by atoms with van der Waals surface area (Å²) in [4.78, 5) is 22.7. The second kappa shape index (κ2) is 7.85. The first-order valence-corrected chi connectivity index (χ1v) is 7.72. The molecular formula is C17H17ClN2O5. The molecule has 0 bridgehead atoms. The number of carbonyl (C=O) groups is 1. The van der Waals surface area contributed by atoms with Crippen molar-refractivity contribution < 1.29 is 19.2 Å². The second-order valence-electron chi connectivity index (χ2n) is 5.25. The fraction of sp³-hybridized carbons (Fsp3) is 0.235. The predicted octanol–water partition coefficient (Wildman–Crippen LogP) is 4.01. The lowest BCUT2D eigenvalue weighted by Crippen LogP contribution is -2.19. The molecule has 0 radical (unpaired) electrons. The Morgan fingerprint density at radius 3 is 2.28 bits per heavy atom. The third-order valence-electron chi connectivity index (χ3n) is 3.73. The summed E-state index contributed by atoms with van der Waals surface area (Å²) in [6, 6.07) is 8.96. The standard InChI is InChI=1S/C17H17ClN2O5/c1-10(11-4-6-12(7-5-11)20(22)23)17(21)19-14-8-13(18)15(24-2)9-16(14)25-3/h4-10H,1-3H3,(H,19,21). The van der Waals surface area contributed by atoms with E-state index in [0.717, 1.165) is 0 Å². The van der Waals surface area contributed by atoms with E-state index < -0.39 is 10.8 Å². The summed E-state index contributed by atoms with van der Waals surface area (Å²) < 4.78 is 10.4. The number of nitrogens with zero attached hydrogens (tertiary/aromatic N) is 1. The molecule has 0 spiro atoms. The molecular weight excluding hydrogens is 348 g/mol. The van der Waals surface area contributed by atoms with E-state index in [9.17, 15) is 14.9 Å². The highest BCUT2D eigenvalue weighted by Crippen LogP contribution is 2.36. The zero-order valence-electron chi connectivity index (χ0n) is 13.9. The van der Waals surface area contributed by atoms with Crippen LogP contribution in [0.4, 0.5) is 11.4 Å². The number of hydrogen-bond donors (Lipinski definition) is 1. The molecule has 2 rings (SSSR count). The first kappa shape index (κ1) is 18.5. The van der Waals surface area contributed by atoms with Crippen molar-refractivity contribution in [3.8, 4) is 11.5 Å². The van der Waals surface area contributed by atoms with E-state index in [1.807, 2.05) is 0 Å². The summed E-state index contributed by atoms with van der Waals surface area (Å²) in [7, 11) is 2.95. The molecule has 25 heavy (non-hydrogen) atoms. The molecule has 2 aromatic carbocycles. The number of anilines is 1. The van der Waals surface area contributed by atoms with Gasteiger partial charge in [-0.2, -0.15) is 0 Å². The van der Waals surface area contributed by atoms with Gasteiger partial charge in [0.05, 0.1) is 35.8 Å². The lowest BCUT2D eigenvalue weighted by Gasteiger charge is -2.16. The number of benzene rings is 2. The van der Waals surface area contributed by atoms with Gasteiger partial charge in [0.1, 0.15) is 11.5 Å². The Balaban J connectivity index is 2.21. The summed E-state index contributed by atoms with van der Waals surface area (Å²) in [6.07, 6.45) is 0. The Labute approximate surface area is 149 Å². The predicted molar refractivity (Wildman–Crippen MR) is 94.7 cm³/mol. The summed E-state index contributed by atoms with van der Waals surface area (Å²) in [5, 5.41) is 13.8. The van der Waals surface area contributed by atoms with E-state index >= 15 is 0 Å². The van der Waals surface area contributed by atoms with Gasteiger partial charge in [-0.05, 0) is 18.6 Å². The van der Waals surface area contributed by atoms with Crippen molar-refractivity contribution in [2.75, 3.05) is 19.5 Å². The van der Waals surface area contributed by atoms with Crippen molar-refractivity contribution in [1.29, 1.82) is 0 Å². The number of halogens is 1. The highest BCUT2D eigenvalue weighted by atomic mass is 35.5. The van der Waals surface area contributed by atoms with Crippen LogP contribution in [0.1, 0.15) is 18.4 Å². The summed E-state index contributed by atoms with van der Waals surface area (Å²) in [5.41, 5.74) is 1.04. The number of carbonyl (C=O) groups excluding carboxylic acids is 1. The van der Waals surface area contributed by atoms with Crippen LogP contribution in [-0.4, -0.2) is 25.1 Å². The molecule has 0 aromatic heterocycles. The van der Waals surface area contributed by atoms with E-state index in [0.29, 0.717) is 27.8 Å². The molecule has 1 N–H and O–H groups in total. The average molecular weight is 365 g/mol. The normalized spacial score (nSPS) is 11.5. The van der Waals surface area contributed by atoms with Crippen LogP contribution in [0, 0.1) is 10.1 Å². The van der Waals surface area contributed by atoms with Crippen LogP contribution in [0.5, 0.6) is 11.5 Å². The van der Waals surface area contributed by atoms with E-state index in [-0.39, 0.29) is 11.6 Å². The number of nitro groups is 1. The smallest absolute Gasteiger partial charge is 0.269 e. The topological polar surface area (TPSA) is 90.7 Å². The van der Waals surface area contributed by atoms with Crippen LogP contribution in [0.3, 0.4) is 0 Å². The van der Waals surface area contributed by atoms with E-state index in [1.54, 1.807) is 31.2 Å².